The molecule has 0 saturated heterocycles. The van der Waals surface area contributed by atoms with Gasteiger partial charge in [0.1, 0.15) is 17.3 Å². The number of hydrogen-bond acceptors (Lipinski definition) is 6. The molecule has 180 valence electrons. The van der Waals surface area contributed by atoms with Crippen molar-refractivity contribution in [2.45, 2.75) is 6.92 Å². The highest BCUT2D eigenvalue weighted by Gasteiger charge is 2.21. The van der Waals surface area contributed by atoms with Crippen LogP contribution in [0.15, 0.2) is 53.6 Å². The summed E-state index contributed by atoms with van der Waals surface area (Å²) in [7, 11) is 4.64. The molecule has 0 spiro atoms. The van der Waals surface area contributed by atoms with Crippen LogP contribution in [0.25, 0.3) is 49.9 Å². The Morgan fingerprint density at radius 2 is 1.83 bits per heavy atom. The normalized spacial score (nSPS) is 11.6. The number of imidazole rings is 2. The molecule has 0 fully saturated rings. The van der Waals surface area contributed by atoms with Gasteiger partial charge in [0.05, 0.1) is 54.2 Å². The van der Waals surface area contributed by atoms with Gasteiger partial charge >= 0.3 is 5.69 Å². The standard InChI is InChI=1S/C26H21FN6O3/c1-13-30-19-6-5-14(7-21(19)31-13)16-9-17-20(10-23(16)36-4)28-12-22-24(17)33(26(34)32(22)2)25-18(27)8-15(35-3)11-29-25/h5-12H,1-4H3,(H,30,31). The summed E-state index contributed by atoms with van der Waals surface area (Å²) >= 11 is 0. The predicted octanol–water partition coefficient (Wildman–Crippen LogP) is 4.28. The summed E-state index contributed by atoms with van der Waals surface area (Å²) in [5, 5.41) is 0.652. The van der Waals surface area contributed by atoms with Gasteiger partial charge in [0.25, 0.3) is 0 Å². The summed E-state index contributed by atoms with van der Waals surface area (Å²) in [4.78, 5) is 29.8. The van der Waals surface area contributed by atoms with Crippen molar-refractivity contribution in [1.82, 2.24) is 29.1 Å². The average Bonchev–Trinajstić information content (AvgIpc) is 3.38. The lowest BCUT2D eigenvalue weighted by atomic mass is 10.0. The van der Waals surface area contributed by atoms with Crippen LogP contribution < -0.4 is 15.2 Å². The first-order valence-electron chi connectivity index (χ1n) is 11.1. The van der Waals surface area contributed by atoms with Gasteiger partial charge in [-0.3, -0.25) is 9.55 Å². The molecule has 2 aromatic carbocycles. The molecule has 6 aromatic rings. The first-order chi connectivity index (χ1) is 17.4. The van der Waals surface area contributed by atoms with Gasteiger partial charge in [-0.1, -0.05) is 6.07 Å². The van der Waals surface area contributed by atoms with E-state index in [1.807, 2.05) is 37.3 Å². The second-order valence-electron chi connectivity index (χ2n) is 8.47. The number of halogens is 1. The molecule has 0 atom stereocenters. The quantitative estimate of drug-likeness (QED) is 0.401. The fourth-order valence-corrected chi connectivity index (χ4v) is 4.61. The van der Waals surface area contributed by atoms with E-state index in [1.54, 1.807) is 20.4 Å². The minimum absolute atomic E-state index is 0.120. The van der Waals surface area contributed by atoms with Gasteiger partial charge in [0.2, 0.25) is 0 Å². The number of rotatable bonds is 4. The van der Waals surface area contributed by atoms with Crippen LogP contribution in [-0.2, 0) is 7.05 Å². The minimum Gasteiger partial charge on any atom is -0.496 e. The summed E-state index contributed by atoms with van der Waals surface area (Å²) < 4.78 is 28.6. The summed E-state index contributed by atoms with van der Waals surface area (Å²) in [5.41, 5.74) is 4.62. The topological polar surface area (TPSA) is 99.8 Å². The van der Waals surface area contributed by atoms with Crippen LogP contribution in [0, 0.1) is 12.7 Å². The van der Waals surface area contributed by atoms with Gasteiger partial charge in [-0.25, -0.2) is 23.7 Å². The number of methoxy groups -OCH3 is 2. The van der Waals surface area contributed by atoms with E-state index in [-0.39, 0.29) is 11.6 Å². The summed E-state index contributed by atoms with van der Waals surface area (Å²) in [5.74, 6) is 0.894. The van der Waals surface area contributed by atoms with Gasteiger partial charge in [0.15, 0.2) is 11.6 Å². The lowest BCUT2D eigenvalue weighted by Crippen LogP contribution is -2.22. The molecule has 0 amide bonds. The molecule has 0 unspecified atom stereocenters. The Bertz CT molecular complexity index is 1890. The smallest absolute Gasteiger partial charge is 0.334 e. The van der Waals surface area contributed by atoms with Crippen LogP contribution >= 0.6 is 0 Å². The number of benzene rings is 2. The van der Waals surface area contributed by atoms with Crippen molar-refractivity contribution in [1.29, 1.82) is 0 Å². The van der Waals surface area contributed by atoms with Crippen molar-refractivity contribution in [3.05, 3.63) is 70.9 Å². The van der Waals surface area contributed by atoms with E-state index in [1.165, 1.54) is 28.5 Å². The number of H-pyrrole nitrogens is 1. The van der Waals surface area contributed by atoms with E-state index in [9.17, 15) is 4.79 Å². The Hall–Kier alpha value is -4.73. The first-order valence-corrected chi connectivity index (χ1v) is 11.1. The van der Waals surface area contributed by atoms with E-state index < -0.39 is 11.5 Å². The number of pyridine rings is 2. The van der Waals surface area contributed by atoms with Crippen molar-refractivity contribution in [3.63, 3.8) is 0 Å². The van der Waals surface area contributed by atoms with Gasteiger partial charge in [0, 0.05) is 30.1 Å². The second-order valence-corrected chi connectivity index (χ2v) is 8.47. The largest absolute Gasteiger partial charge is 0.496 e. The number of nitrogens with zero attached hydrogens (tertiary/aromatic N) is 5. The van der Waals surface area contributed by atoms with Crippen LogP contribution in [0.5, 0.6) is 11.5 Å². The number of nitrogens with one attached hydrogen (secondary N) is 1. The molecule has 9 nitrogen and oxygen atoms in total. The predicted molar refractivity (Wildman–Crippen MR) is 134 cm³/mol. The van der Waals surface area contributed by atoms with Crippen molar-refractivity contribution in [2.24, 2.45) is 7.05 Å². The number of aromatic amines is 1. The van der Waals surface area contributed by atoms with Gasteiger partial charge < -0.3 is 14.5 Å². The van der Waals surface area contributed by atoms with Crippen molar-refractivity contribution in [3.8, 4) is 28.4 Å². The Kier molecular flexibility index (Phi) is 4.78. The zero-order valence-electron chi connectivity index (χ0n) is 20.0. The Morgan fingerprint density at radius 3 is 2.58 bits per heavy atom. The maximum Gasteiger partial charge on any atom is 0.334 e. The maximum absolute atomic E-state index is 15.1. The van der Waals surface area contributed by atoms with Crippen LogP contribution in [0.4, 0.5) is 4.39 Å². The van der Waals surface area contributed by atoms with Crippen LogP contribution in [0.2, 0.25) is 0 Å². The van der Waals surface area contributed by atoms with Crippen LogP contribution in [0.1, 0.15) is 5.82 Å². The molecule has 0 aliphatic rings. The summed E-state index contributed by atoms with van der Waals surface area (Å²) in [6.45, 7) is 1.90. The Labute approximate surface area is 203 Å². The molecule has 1 N–H and O–H groups in total. The van der Waals surface area contributed by atoms with E-state index >= 15 is 4.39 Å². The van der Waals surface area contributed by atoms with E-state index in [0.29, 0.717) is 27.7 Å². The van der Waals surface area contributed by atoms with Crippen molar-refractivity contribution >= 4 is 33.0 Å². The van der Waals surface area contributed by atoms with Gasteiger partial charge in [-0.2, -0.15) is 0 Å². The Balaban J connectivity index is 1.69. The molecule has 10 heteroatoms. The third-order valence-electron chi connectivity index (χ3n) is 6.36. The van der Waals surface area contributed by atoms with Crippen molar-refractivity contribution < 1.29 is 13.9 Å². The molecule has 0 aliphatic heterocycles. The molecule has 6 rings (SSSR count). The molecule has 0 radical (unpaired) electrons. The lowest BCUT2D eigenvalue weighted by molar-refractivity contribution is 0.408. The molecule has 0 bridgehead atoms. The highest BCUT2D eigenvalue weighted by Crippen LogP contribution is 2.37. The highest BCUT2D eigenvalue weighted by atomic mass is 19.1. The number of aryl methyl sites for hydroxylation is 2. The minimum atomic E-state index is -0.678. The zero-order valence-corrected chi connectivity index (χ0v) is 20.0. The number of aromatic nitrogens is 6. The van der Waals surface area contributed by atoms with E-state index in [4.69, 9.17) is 9.47 Å². The molecule has 0 aliphatic carbocycles. The van der Waals surface area contributed by atoms with Gasteiger partial charge in [-0.05, 0) is 30.7 Å². The molecule has 4 heterocycles. The fraction of sp³-hybridized carbons (Fsp3) is 0.154. The summed E-state index contributed by atoms with van der Waals surface area (Å²) in [6.07, 6.45) is 2.97. The average molecular weight is 484 g/mol. The number of fused-ring (bicyclic) bond motifs is 4. The second kappa shape index (κ2) is 7.91. The van der Waals surface area contributed by atoms with Crippen molar-refractivity contribution in [2.75, 3.05) is 14.2 Å². The molecule has 4 aromatic heterocycles. The Morgan fingerprint density at radius 1 is 1.00 bits per heavy atom. The third-order valence-corrected chi connectivity index (χ3v) is 6.36. The molecular formula is C26H21FN6O3. The SMILES string of the molecule is COc1cnc(-n2c(=O)n(C)c3cnc4cc(OC)c(-c5ccc6nc(C)[nH]c6c5)cc4c32)c(F)c1. The zero-order chi connectivity index (χ0) is 25.1. The van der Waals surface area contributed by atoms with E-state index in [0.717, 1.165) is 28.0 Å². The number of hydrogen-bond donors (Lipinski definition) is 1. The molecule has 36 heavy (non-hydrogen) atoms. The lowest BCUT2D eigenvalue weighted by Gasteiger charge is -2.12. The third kappa shape index (κ3) is 3.14. The monoisotopic (exact) mass is 484 g/mol. The molecular weight excluding hydrogens is 463 g/mol. The fourth-order valence-electron chi connectivity index (χ4n) is 4.61. The molecule has 0 saturated carbocycles. The first kappa shape index (κ1) is 21.8. The van der Waals surface area contributed by atoms with Gasteiger partial charge in [-0.15, -0.1) is 0 Å². The van der Waals surface area contributed by atoms with E-state index in [2.05, 4.69) is 19.9 Å². The number of ether oxygens (including phenoxy) is 2. The van der Waals surface area contributed by atoms with Crippen LogP contribution in [-0.4, -0.2) is 43.3 Å². The highest BCUT2D eigenvalue weighted by molar-refractivity contribution is 6.06. The maximum atomic E-state index is 15.1. The van der Waals surface area contributed by atoms with Crippen LogP contribution in [0.3, 0.4) is 0 Å². The summed E-state index contributed by atoms with van der Waals surface area (Å²) in [6, 6.07) is 10.8.